The second-order valence-corrected chi connectivity index (χ2v) is 8.29. The molecule has 2 heterocycles. The number of aromatic amines is 1. The molecule has 9 heteroatoms. The van der Waals surface area contributed by atoms with Crippen LogP contribution in [0, 0.1) is 13.8 Å². The molecular formula is C23H20F3N5S. The van der Waals surface area contributed by atoms with E-state index in [1.54, 1.807) is 18.7 Å². The highest BCUT2D eigenvalue weighted by atomic mass is 32.2. The SMILES string of the molecule is Cc1cc(SCc2ccccc2)ccc1Nc1ncc(C(F)(F)F)c(-c2cn[nH]c2C)n1. The van der Waals surface area contributed by atoms with Crippen LogP contribution in [0.2, 0.25) is 0 Å². The summed E-state index contributed by atoms with van der Waals surface area (Å²) in [5, 5.41) is 9.52. The number of hydrogen-bond donors (Lipinski definition) is 2. The van der Waals surface area contributed by atoms with Crippen LogP contribution in [0.5, 0.6) is 0 Å². The molecule has 4 aromatic rings. The number of nitrogens with one attached hydrogen (secondary N) is 2. The Morgan fingerprint density at radius 1 is 1.03 bits per heavy atom. The first-order valence-corrected chi connectivity index (χ1v) is 10.8. The first-order valence-electron chi connectivity index (χ1n) is 9.80. The molecule has 0 aliphatic rings. The van der Waals surface area contributed by atoms with E-state index in [4.69, 9.17) is 0 Å². The van der Waals surface area contributed by atoms with Crippen LogP contribution in [0.15, 0.2) is 65.8 Å². The Labute approximate surface area is 187 Å². The van der Waals surface area contributed by atoms with Crippen molar-refractivity contribution in [3.8, 4) is 11.3 Å². The van der Waals surface area contributed by atoms with E-state index in [1.165, 1.54) is 11.8 Å². The average Bonchev–Trinajstić information content (AvgIpc) is 3.19. The van der Waals surface area contributed by atoms with Gasteiger partial charge in [-0.2, -0.15) is 18.3 Å². The zero-order valence-corrected chi connectivity index (χ0v) is 18.2. The number of nitrogens with zero attached hydrogens (tertiary/aromatic N) is 3. The van der Waals surface area contributed by atoms with Gasteiger partial charge in [0.25, 0.3) is 0 Å². The minimum atomic E-state index is -4.58. The van der Waals surface area contributed by atoms with Crippen molar-refractivity contribution in [3.63, 3.8) is 0 Å². The number of alkyl halides is 3. The molecule has 0 bridgehead atoms. The van der Waals surface area contributed by atoms with Gasteiger partial charge in [0.15, 0.2) is 0 Å². The summed E-state index contributed by atoms with van der Waals surface area (Å²) >= 11 is 1.72. The van der Waals surface area contributed by atoms with Crippen LogP contribution in [0.1, 0.15) is 22.4 Å². The topological polar surface area (TPSA) is 66.5 Å². The summed E-state index contributed by atoms with van der Waals surface area (Å²) in [6, 6.07) is 16.0. The number of benzene rings is 2. The monoisotopic (exact) mass is 455 g/mol. The van der Waals surface area contributed by atoms with Crippen molar-refractivity contribution >= 4 is 23.4 Å². The number of rotatable bonds is 6. The number of halogens is 3. The zero-order valence-electron chi connectivity index (χ0n) is 17.4. The number of aromatic nitrogens is 4. The molecule has 2 aromatic carbocycles. The van der Waals surface area contributed by atoms with Gasteiger partial charge in [0.2, 0.25) is 5.95 Å². The van der Waals surface area contributed by atoms with Crippen molar-refractivity contribution in [1.29, 1.82) is 0 Å². The lowest BCUT2D eigenvalue weighted by atomic mass is 10.1. The fourth-order valence-corrected chi connectivity index (χ4v) is 4.12. The Kier molecular flexibility index (Phi) is 6.18. The Balaban J connectivity index is 1.57. The molecular weight excluding hydrogens is 435 g/mol. The van der Waals surface area contributed by atoms with Crippen LogP contribution >= 0.6 is 11.8 Å². The highest BCUT2D eigenvalue weighted by Crippen LogP contribution is 2.37. The predicted octanol–water partition coefficient (Wildman–Crippen LogP) is 6.54. The second kappa shape index (κ2) is 9.04. The lowest BCUT2D eigenvalue weighted by Crippen LogP contribution is -2.11. The molecule has 0 fully saturated rings. The summed E-state index contributed by atoms with van der Waals surface area (Å²) in [6.45, 7) is 3.58. The predicted molar refractivity (Wildman–Crippen MR) is 120 cm³/mol. The lowest BCUT2D eigenvalue weighted by molar-refractivity contribution is -0.137. The van der Waals surface area contributed by atoms with Crippen LogP contribution < -0.4 is 5.32 Å². The third-order valence-electron chi connectivity index (χ3n) is 4.87. The Morgan fingerprint density at radius 2 is 1.81 bits per heavy atom. The van der Waals surface area contributed by atoms with Crippen molar-refractivity contribution in [2.75, 3.05) is 5.32 Å². The smallest absolute Gasteiger partial charge is 0.324 e. The second-order valence-electron chi connectivity index (χ2n) is 7.24. The maximum Gasteiger partial charge on any atom is 0.419 e. The minimum Gasteiger partial charge on any atom is -0.324 e. The highest BCUT2D eigenvalue weighted by molar-refractivity contribution is 7.98. The van der Waals surface area contributed by atoms with Crippen LogP contribution in [0.25, 0.3) is 11.3 Å². The number of hydrogen-bond acceptors (Lipinski definition) is 5. The average molecular weight is 456 g/mol. The van der Waals surface area contributed by atoms with E-state index < -0.39 is 11.7 Å². The van der Waals surface area contributed by atoms with Gasteiger partial charge in [-0.15, -0.1) is 11.8 Å². The number of aryl methyl sites for hydroxylation is 2. The van der Waals surface area contributed by atoms with Crippen molar-refractivity contribution in [1.82, 2.24) is 20.2 Å². The van der Waals surface area contributed by atoms with Gasteiger partial charge in [0.05, 0.1) is 11.9 Å². The van der Waals surface area contributed by atoms with Crippen molar-refractivity contribution in [3.05, 3.63) is 83.3 Å². The third kappa shape index (κ3) is 4.94. The number of thioether (sulfide) groups is 1. The zero-order chi connectivity index (χ0) is 22.7. The van der Waals surface area contributed by atoms with Crippen molar-refractivity contribution in [2.24, 2.45) is 0 Å². The van der Waals surface area contributed by atoms with Gasteiger partial charge in [-0.25, -0.2) is 9.97 Å². The van der Waals surface area contributed by atoms with E-state index in [-0.39, 0.29) is 17.2 Å². The molecule has 2 N–H and O–H groups in total. The first kappa shape index (κ1) is 21.9. The van der Waals surface area contributed by atoms with Crippen LogP contribution in [0.3, 0.4) is 0 Å². The standard InChI is InChI=1S/C23H20F3N5S/c1-14-10-17(32-13-16-6-4-3-5-7-16)8-9-20(14)29-22-27-12-19(23(24,25)26)21(30-22)18-11-28-31-15(18)2/h3-12H,13H2,1-2H3,(H,28,31)(H,27,29,30). The maximum atomic E-state index is 13.5. The first-order chi connectivity index (χ1) is 15.3. The molecule has 0 aliphatic carbocycles. The maximum absolute atomic E-state index is 13.5. The molecule has 0 atom stereocenters. The summed E-state index contributed by atoms with van der Waals surface area (Å²) in [5.74, 6) is 0.934. The molecule has 32 heavy (non-hydrogen) atoms. The van der Waals surface area contributed by atoms with E-state index in [1.807, 2.05) is 43.3 Å². The summed E-state index contributed by atoms with van der Waals surface area (Å²) in [4.78, 5) is 9.17. The molecule has 0 spiro atoms. The van der Waals surface area contributed by atoms with Gasteiger partial charge in [-0.1, -0.05) is 30.3 Å². The summed E-state index contributed by atoms with van der Waals surface area (Å²) in [6.07, 6.45) is -2.44. The summed E-state index contributed by atoms with van der Waals surface area (Å²) < 4.78 is 40.5. The molecule has 0 saturated carbocycles. The molecule has 4 rings (SSSR count). The van der Waals surface area contributed by atoms with Crippen molar-refractivity contribution in [2.45, 2.75) is 30.7 Å². The molecule has 5 nitrogen and oxygen atoms in total. The van der Waals surface area contributed by atoms with Crippen molar-refractivity contribution < 1.29 is 13.2 Å². The highest BCUT2D eigenvalue weighted by Gasteiger charge is 2.36. The van der Waals surface area contributed by atoms with E-state index in [2.05, 4.69) is 37.6 Å². The van der Waals surface area contributed by atoms with Crippen LogP contribution in [-0.2, 0) is 11.9 Å². The van der Waals surface area contributed by atoms with E-state index in [9.17, 15) is 13.2 Å². The van der Waals surface area contributed by atoms with E-state index in [0.29, 0.717) is 5.69 Å². The molecule has 164 valence electrons. The summed E-state index contributed by atoms with van der Waals surface area (Å²) in [5.41, 5.74) is 2.56. The van der Waals surface area contributed by atoms with Gasteiger partial charge in [-0.05, 0) is 43.2 Å². The van der Waals surface area contributed by atoms with Gasteiger partial charge >= 0.3 is 6.18 Å². The Bertz CT molecular complexity index is 1220. The van der Waals surface area contributed by atoms with Gasteiger partial charge in [-0.3, -0.25) is 5.10 Å². The quantitative estimate of drug-likeness (QED) is 0.323. The molecule has 0 saturated heterocycles. The normalized spacial score (nSPS) is 11.5. The summed E-state index contributed by atoms with van der Waals surface area (Å²) in [7, 11) is 0. The number of anilines is 2. The van der Waals surface area contributed by atoms with Crippen LogP contribution in [0.4, 0.5) is 24.8 Å². The fraction of sp³-hybridized carbons (Fsp3) is 0.174. The van der Waals surface area contributed by atoms with Gasteiger partial charge in [0.1, 0.15) is 5.56 Å². The lowest BCUT2D eigenvalue weighted by Gasteiger charge is -2.14. The Hall–Kier alpha value is -3.33. The van der Waals surface area contributed by atoms with E-state index in [0.717, 1.165) is 28.1 Å². The minimum absolute atomic E-state index is 0.0846. The molecule has 2 aromatic heterocycles. The molecule has 0 unspecified atom stereocenters. The number of H-pyrrole nitrogens is 1. The van der Waals surface area contributed by atoms with E-state index >= 15 is 0 Å². The van der Waals surface area contributed by atoms with Gasteiger partial charge < -0.3 is 5.32 Å². The molecule has 0 amide bonds. The van der Waals surface area contributed by atoms with Gasteiger partial charge in [0, 0.05) is 33.8 Å². The molecule has 0 aliphatic heterocycles. The largest absolute Gasteiger partial charge is 0.419 e. The van der Waals surface area contributed by atoms with Crippen LogP contribution in [-0.4, -0.2) is 20.2 Å². The molecule has 0 radical (unpaired) electrons. The Morgan fingerprint density at radius 3 is 2.47 bits per heavy atom. The fourth-order valence-electron chi connectivity index (χ4n) is 3.17. The third-order valence-corrected chi connectivity index (χ3v) is 5.94.